The van der Waals surface area contributed by atoms with Crippen LogP contribution >= 0.6 is 0 Å². The number of carboxylic acid groups (broad SMARTS) is 1. The van der Waals surface area contributed by atoms with Gasteiger partial charge in [-0.25, -0.2) is 9.48 Å². The number of nitrogens with zero attached hydrogens (tertiary/aromatic N) is 3. The lowest BCUT2D eigenvalue weighted by atomic mass is 10.1. The molecule has 4 aromatic rings. The van der Waals surface area contributed by atoms with Gasteiger partial charge in [-0.2, -0.15) is 8.42 Å². The van der Waals surface area contributed by atoms with Crippen molar-refractivity contribution in [2.45, 2.75) is 11.5 Å². The van der Waals surface area contributed by atoms with Crippen LogP contribution in [0.3, 0.4) is 0 Å². The molecule has 0 spiro atoms. The second-order valence-corrected chi connectivity index (χ2v) is 8.11. The van der Waals surface area contributed by atoms with E-state index in [1.807, 2.05) is 0 Å². The average Bonchev–Trinajstić information content (AvgIpc) is 3.24. The largest absolute Gasteiger partial charge is 0.493 e. The predicted octanol–water partition coefficient (Wildman–Crippen LogP) is 2.95. The van der Waals surface area contributed by atoms with E-state index in [1.54, 1.807) is 30.5 Å². The lowest BCUT2D eigenvalue weighted by Gasteiger charge is -2.10. The Labute approximate surface area is 182 Å². The molecular formula is C21H17N3O7S. The van der Waals surface area contributed by atoms with E-state index in [1.165, 1.54) is 42.1 Å². The van der Waals surface area contributed by atoms with E-state index in [9.17, 15) is 17.8 Å². The highest BCUT2D eigenvalue weighted by molar-refractivity contribution is 7.86. The zero-order valence-corrected chi connectivity index (χ0v) is 17.5. The third-order valence-electron chi connectivity index (χ3n) is 4.71. The van der Waals surface area contributed by atoms with Crippen LogP contribution < -0.4 is 9.47 Å². The van der Waals surface area contributed by atoms with Crippen molar-refractivity contribution in [2.75, 3.05) is 7.11 Å². The van der Waals surface area contributed by atoms with Gasteiger partial charge in [0, 0.05) is 10.8 Å². The molecule has 0 atom stereocenters. The van der Waals surface area contributed by atoms with Crippen LogP contribution in [0.5, 0.6) is 11.5 Å². The molecule has 3 aromatic carbocycles. The van der Waals surface area contributed by atoms with Crippen molar-refractivity contribution in [3.05, 3.63) is 72.1 Å². The van der Waals surface area contributed by atoms with Crippen molar-refractivity contribution in [3.63, 3.8) is 0 Å². The summed E-state index contributed by atoms with van der Waals surface area (Å²) in [6.07, 6.45) is 1.62. The summed E-state index contributed by atoms with van der Waals surface area (Å²) in [4.78, 5) is 10.9. The fourth-order valence-corrected chi connectivity index (χ4v) is 3.95. The molecule has 0 radical (unpaired) electrons. The number of methoxy groups -OCH3 is 1. The molecule has 0 aliphatic rings. The van der Waals surface area contributed by atoms with Gasteiger partial charge < -0.3 is 14.6 Å². The number of aromatic nitrogens is 3. The van der Waals surface area contributed by atoms with Crippen molar-refractivity contribution >= 4 is 26.9 Å². The lowest BCUT2D eigenvalue weighted by Crippen LogP contribution is -2.01. The molecule has 10 nitrogen and oxygen atoms in total. The molecule has 11 heteroatoms. The maximum absolute atomic E-state index is 11.7. The minimum Gasteiger partial charge on any atom is -0.493 e. The summed E-state index contributed by atoms with van der Waals surface area (Å²) in [5, 5.41) is 18.2. The first-order valence-corrected chi connectivity index (χ1v) is 10.7. The fourth-order valence-electron chi connectivity index (χ4n) is 3.24. The second kappa shape index (κ2) is 8.29. The average molecular weight is 455 g/mol. The summed E-state index contributed by atoms with van der Waals surface area (Å²) in [6, 6.07) is 13.8. The zero-order valence-electron chi connectivity index (χ0n) is 16.7. The molecule has 0 amide bonds. The van der Waals surface area contributed by atoms with Crippen LogP contribution in [0.25, 0.3) is 16.5 Å². The Morgan fingerprint density at radius 2 is 1.81 bits per heavy atom. The highest BCUT2D eigenvalue weighted by atomic mass is 32.2. The quantitative estimate of drug-likeness (QED) is 0.402. The van der Waals surface area contributed by atoms with Gasteiger partial charge in [-0.05, 0) is 30.3 Å². The normalized spacial score (nSPS) is 11.4. The Morgan fingerprint density at radius 1 is 1.06 bits per heavy atom. The molecule has 0 bridgehead atoms. The minimum atomic E-state index is -4.39. The fraction of sp³-hybridized carbons (Fsp3) is 0.0952. The van der Waals surface area contributed by atoms with Crippen LogP contribution in [0.15, 0.2) is 65.7 Å². The van der Waals surface area contributed by atoms with Crippen LogP contribution in [-0.2, 0) is 16.7 Å². The number of carbonyl (C=O) groups is 1. The van der Waals surface area contributed by atoms with Crippen LogP contribution in [-0.4, -0.2) is 46.2 Å². The highest BCUT2D eigenvalue weighted by Gasteiger charge is 2.16. The summed E-state index contributed by atoms with van der Waals surface area (Å²) in [6.45, 7) is 0.0316. The van der Waals surface area contributed by atoms with Crippen LogP contribution in [0.1, 0.15) is 16.1 Å². The molecule has 4 rings (SSSR count). The number of carboxylic acids is 1. The van der Waals surface area contributed by atoms with Crippen molar-refractivity contribution in [1.29, 1.82) is 0 Å². The van der Waals surface area contributed by atoms with Gasteiger partial charge in [0.15, 0.2) is 11.5 Å². The topological polar surface area (TPSA) is 141 Å². The van der Waals surface area contributed by atoms with Crippen molar-refractivity contribution < 1.29 is 32.3 Å². The maximum Gasteiger partial charge on any atom is 0.335 e. The molecule has 0 fully saturated rings. The first-order chi connectivity index (χ1) is 15.3. The predicted molar refractivity (Wildman–Crippen MR) is 113 cm³/mol. The van der Waals surface area contributed by atoms with Gasteiger partial charge in [-0.1, -0.05) is 29.5 Å². The summed E-state index contributed by atoms with van der Waals surface area (Å²) in [5.74, 6) is -0.468. The van der Waals surface area contributed by atoms with Crippen LogP contribution in [0.2, 0.25) is 0 Å². The molecular weight excluding hydrogens is 438 g/mol. The number of fused-ring (bicyclic) bond motifs is 1. The Morgan fingerprint density at radius 3 is 2.53 bits per heavy atom. The SMILES string of the molecule is COc1cc(C(=O)O)ccc1OCc1cn(-c2cccc3c(S(=O)(=O)O)cccc23)nn1. The van der Waals surface area contributed by atoms with Gasteiger partial charge in [0.2, 0.25) is 0 Å². The number of hydrogen-bond acceptors (Lipinski definition) is 7. The van der Waals surface area contributed by atoms with E-state index in [2.05, 4.69) is 10.3 Å². The third kappa shape index (κ3) is 4.11. The second-order valence-electron chi connectivity index (χ2n) is 6.72. The van der Waals surface area contributed by atoms with E-state index in [0.717, 1.165) is 0 Å². The molecule has 1 aromatic heterocycles. The van der Waals surface area contributed by atoms with Crippen LogP contribution in [0.4, 0.5) is 0 Å². The molecule has 2 N–H and O–H groups in total. The van der Waals surface area contributed by atoms with Gasteiger partial charge in [-0.3, -0.25) is 4.55 Å². The summed E-state index contributed by atoms with van der Waals surface area (Å²) in [5.41, 5.74) is 1.10. The Balaban J connectivity index is 1.62. The van der Waals surface area contributed by atoms with Crippen LogP contribution in [0, 0.1) is 0 Å². The number of hydrogen-bond donors (Lipinski definition) is 2. The van der Waals surface area contributed by atoms with E-state index in [4.69, 9.17) is 14.6 Å². The zero-order chi connectivity index (χ0) is 22.9. The Hall–Kier alpha value is -3.96. The van der Waals surface area contributed by atoms with Gasteiger partial charge in [0.05, 0.1) is 24.6 Å². The van der Waals surface area contributed by atoms with Crippen molar-refractivity contribution in [2.24, 2.45) is 0 Å². The number of ether oxygens (including phenoxy) is 2. The number of aromatic carboxylic acids is 1. The standard InChI is InChI=1S/C21H17N3O7S/c1-30-19-10-13(21(25)26)8-9-18(19)31-12-14-11-24(23-22-14)17-6-2-5-16-15(17)4-3-7-20(16)32(27,28)29/h2-11H,12H2,1H3,(H,25,26)(H,27,28,29). The van der Waals surface area contributed by atoms with Gasteiger partial charge >= 0.3 is 5.97 Å². The minimum absolute atomic E-state index is 0.0316. The van der Waals surface area contributed by atoms with Crippen molar-refractivity contribution in [1.82, 2.24) is 15.0 Å². The van der Waals surface area contributed by atoms with Gasteiger partial charge in [-0.15, -0.1) is 5.10 Å². The highest BCUT2D eigenvalue weighted by Crippen LogP contribution is 2.30. The van der Waals surface area contributed by atoms with E-state index < -0.39 is 16.1 Å². The molecule has 1 heterocycles. The number of rotatable bonds is 7. The first-order valence-electron chi connectivity index (χ1n) is 9.23. The third-order valence-corrected chi connectivity index (χ3v) is 5.62. The summed E-state index contributed by atoms with van der Waals surface area (Å²) >= 11 is 0. The Bertz CT molecular complexity index is 1430. The van der Waals surface area contributed by atoms with E-state index in [0.29, 0.717) is 27.9 Å². The molecule has 164 valence electrons. The molecule has 32 heavy (non-hydrogen) atoms. The smallest absolute Gasteiger partial charge is 0.335 e. The maximum atomic E-state index is 11.7. The molecule has 0 unspecified atom stereocenters. The monoisotopic (exact) mass is 455 g/mol. The van der Waals surface area contributed by atoms with Gasteiger partial charge in [0.25, 0.3) is 10.1 Å². The summed E-state index contributed by atoms with van der Waals surface area (Å²) < 4.78 is 45.2. The Kier molecular flexibility index (Phi) is 5.51. The van der Waals surface area contributed by atoms with Crippen molar-refractivity contribution in [3.8, 4) is 17.2 Å². The summed E-state index contributed by atoms with van der Waals surface area (Å²) in [7, 11) is -2.98. The molecule has 0 saturated carbocycles. The van der Waals surface area contributed by atoms with E-state index in [-0.39, 0.29) is 22.8 Å². The molecule has 0 aliphatic heterocycles. The lowest BCUT2D eigenvalue weighted by molar-refractivity contribution is 0.0696. The molecule has 0 saturated heterocycles. The van der Waals surface area contributed by atoms with Gasteiger partial charge in [0.1, 0.15) is 17.2 Å². The molecule has 0 aliphatic carbocycles. The van der Waals surface area contributed by atoms with E-state index >= 15 is 0 Å². The number of benzene rings is 3. The first kappa shape index (κ1) is 21.3.